The van der Waals surface area contributed by atoms with E-state index in [1.54, 1.807) is 29.3 Å². The molecule has 0 aromatic carbocycles. The summed E-state index contributed by atoms with van der Waals surface area (Å²) < 4.78 is 15.0. The van der Waals surface area contributed by atoms with E-state index in [0.717, 1.165) is 31.5 Å². The van der Waals surface area contributed by atoms with Gasteiger partial charge in [-0.1, -0.05) is 0 Å². The maximum atomic E-state index is 12.4. The average molecular weight is 467 g/mol. The number of nitrogens with one attached hydrogen (secondary N) is 1. The number of rotatable bonds is 7. The summed E-state index contributed by atoms with van der Waals surface area (Å²) in [4.78, 5) is 23.5. The number of piperidine rings is 1. The molecule has 0 unspecified atom stereocenters. The van der Waals surface area contributed by atoms with Gasteiger partial charge < -0.3 is 19.7 Å². The highest BCUT2D eigenvalue weighted by Crippen LogP contribution is 2.19. The molecule has 0 amide bonds. The first kappa shape index (κ1) is 22.5. The predicted molar refractivity (Wildman–Crippen MR) is 126 cm³/mol. The zero-order chi connectivity index (χ0) is 23.3. The minimum absolute atomic E-state index is 0.167. The quantitative estimate of drug-likeness (QED) is 0.538. The molecule has 2 saturated heterocycles. The highest BCUT2D eigenvalue weighted by Gasteiger charge is 2.24. The van der Waals surface area contributed by atoms with Crippen LogP contribution in [0.2, 0.25) is 0 Å². The number of aryl methyl sites for hydroxylation is 1. The van der Waals surface area contributed by atoms with Gasteiger partial charge in [0.25, 0.3) is 5.56 Å². The zero-order valence-electron chi connectivity index (χ0n) is 19.3. The van der Waals surface area contributed by atoms with Crippen molar-refractivity contribution in [3.63, 3.8) is 0 Å². The van der Waals surface area contributed by atoms with E-state index in [9.17, 15) is 4.79 Å². The number of ether oxygens (including phenoxy) is 2. The summed E-state index contributed by atoms with van der Waals surface area (Å²) in [5.41, 5.74) is 1.39. The Balaban J connectivity index is 1.20. The lowest BCUT2D eigenvalue weighted by Gasteiger charge is -2.33. The second-order valence-corrected chi connectivity index (χ2v) is 8.80. The fourth-order valence-electron chi connectivity index (χ4n) is 4.30. The van der Waals surface area contributed by atoms with Gasteiger partial charge in [0.1, 0.15) is 0 Å². The van der Waals surface area contributed by atoms with Gasteiger partial charge in [0, 0.05) is 38.0 Å². The van der Waals surface area contributed by atoms with Crippen LogP contribution in [0, 0.1) is 5.92 Å². The average Bonchev–Trinajstić information content (AvgIpc) is 3.31. The third kappa shape index (κ3) is 5.42. The van der Waals surface area contributed by atoms with Crippen molar-refractivity contribution in [1.29, 1.82) is 0 Å². The number of morpholine rings is 1. The maximum Gasteiger partial charge on any atom is 0.266 e. The Labute approximate surface area is 197 Å². The van der Waals surface area contributed by atoms with Crippen molar-refractivity contribution in [3.8, 4) is 17.0 Å². The number of hydrogen-bond donors (Lipinski definition) is 1. The lowest BCUT2D eigenvalue weighted by Crippen LogP contribution is -2.46. The molecule has 3 aromatic rings. The molecule has 34 heavy (non-hydrogen) atoms. The van der Waals surface area contributed by atoms with Crippen LogP contribution in [0.3, 0.4) is 0 Å². The third-order valence-corrected chi connectivity index (χ3v) is 6.22. The van der Waals surface area contributed by atoms with Crippen LogP contribution >= 0.6 is 0 Å². The summed E-state index contributed by atoms with van der Waals surface area (Å²) in [6.45, 7) is 4.93. The molecule has 11 heteroatoms. The number of anilines is 1. The van der Waals surface area contributed by atoms with Crippen molar-refractivity contribution in [2.75, 3.05) is 44.3 Å². The normalized spacial score (nSPS) is 19.3. The Hall–Kier alpha value is -3.31. The molecule has 180 valence electrons. The van der Waals surface area contributed by atoms with Crippen LogP contribution in [-0.2, 0) is 18.3 Å². The molecule has 0 spiro atoms. The van der Waals surface area contributed by atoms with E-state index in [4.69, 9.17) is 9.47 Å². The van der Waals surface area contributed by atoms with Crippen LogP contribution in [0.5, 0.6) is 5.75 Å². The van der Waals surface area contributed by atoms with Crippen LogP contribution in [0.1, 0.15) is 12.8 Å². The van der Waals surface area contributed by atoms with Gasteiger partial charge in [-0.05, 0) is 37.9 Å². The summed E-state index contributed by atoms with van der Waals surface area (Å²) in [5, 5.41) is 12.1. The van der Waals surface area contributed by atoms with Crippen LogP contribution in [-0.4, -0.2) is 75.0 Å². The summed E-state index contributed by atoms with van der Waals surface area (Å²) in [6, 6.07) is 3.24. The van der Waals surface area contributed by atoms with Gasteiger partial charge in [0.2, 0.25) is 5.95 Å². The molecular formula is C23H30N8O3. The van der Waals surface area contributed by atoms with E-state index in [1.807, 2.05) is 13.2 Å². The number of nitrogens with zero attached hydrogens (tertiary/aromatic N) is 7. The highest BCUT2D eigenvalue weighted by molar-refractivity contribution is 5.55. The van der Waals surface area contributed by atoms with Crippen molar-refractivity contribution in [2.45, 2.75) is 25.5 Å². The lowest BCUT2D eigenvalue weighted by atomic mass is 9.99. The summed E-state index contributed by atoms with van der Waals surface area (Å²) in [6.07, 6.45) is 9.13. The molecule has 3 aromatic heterocycles. The fourth-order valence-corrected chi connectivity index (χ4v) is 4.30. The Morgan fingerprint density at radius 2 is 2.00 bits per heavy atom. The molecule has 0 aliphatic carbocycles. The molecule has 0 radical (unpaired) electrons. The summed E-state index contributed by atoms with van der Waals surface area (Å²) >= 11 is 0. The molecule has 5 heterocycles. The molecule has 1 atom stereocenters. The second-order valence-electron chi connectivity index (χ2n) is 8.80. The van der Waals surface area contributed by atoms with Crippen LogP contribution < -0.4 is 20.5 Å². The molecule has 2 aliphatic heterocycles. The van der Waals surface area contributed by atoms with Gasteiger partial charge in [-0.2, -0.15) is 10.2 Å². The number of aromatic nitrogens is 6. The Morgan fingerprint density at radius 1 is 1.18 bits per heavy atom. The molecule has 11 nitrogen and oxygen atoms in total. The van der Waals surface area contributed by atoms with Gasteiger partial charge in [0.15, 0.2) is 5.75 Å². The van der Waals surface area contributed by atoms with Crippen molar-refractivity contribution in [3.05, 3.63) is 47.3 Å². The van der Waals surface area contributed by atoms with Gasteiger partial charge in [-0.25, -0.2) is 14.6 Å². The van der Waals surface area contributed by atoms with E-state index in [0.29, 0.717) is 56.2 Å². The van der Waals surface area contributed by atoms with Gasteiger partial charge in [-0.15, -0.1) is 0 Å². The zero-order valence-corrected chi connectivity index (χ0v) is 19.3. The molecule has 1 N–H and O–H groups in total. The fraction of sp³-hybridized carbons (Fsp3) is 0.522. The van der Waals surface area contributed by atoms with Gasteiger partial charge >= 0.3 is 0 Å². The van der Waals surface area contributed by atoms with E-state index >= 15 is 0 Å². The molecular weight excluding hydrogens is 436 g/mol. The van der Waals surface area contributed by atoms with Crippen LogP contribution in [0.25, 0.3) is 11.3 Å². The van der Waals surface area contributed by atoms with Crippen molar-refractivity contribution >= 4 is 5.95 Å². The smallest absolute Gasteiger partial charge is 0.266 e. The topological polar surface area (TPSA) is 112 Å². The van der Waals surface area contributed by atoms with Crippen LogP contribution in [0.4, 0.5) is 5.95 Å². The van der Waals surface area contributed by atoms with E-state index in [2.05, 4.69) is 30.4 Å². The first-order valence-electron chi connectivity index (χ1n) is 11.7. The maximum absolute atomic E-state index is 12.4. The van der Waals surface area contributed by atoms with E-state index in [1.165, 1.54) is 10.7 Å². The molecule has 0 bridgehead atoms. The number of hydrogen-bond acceptors (Lipinski definition) is 9. The van der Waals surface area contributed by atoms with Crippen molar-refractivity contribution in [2.24, 2.45) is 13.0 Å². The minimum Gasteiger partial charge on any atom is -0.490 e. The molecule has 2 aliphatic rings. The largest absolute Gasteiger partial charge is 0.490 e. The standard InChI is InChI=1S/C23H30N8O3/c1-29-13-18(10-27-29)21-2-3-22(32)31(28-21)15-20-14-30(8-9-33-20)23-25-11-19(12-26-23)34-16-17-4-6-24-7-5-17/h2-3,10-13,17,20,24H,4-9,14-16H2,1H3/t20-/m0/s1. The summed E-state index contributed by atoms with van der Waals surface area (Å²) in [7, 11) is 1.85. The monoisotopic (exact) mass is 466 g/mol. The SMILES string of the molecule is Cn1cc(-c2ccc(=O)n(C[C@@H]3CN(c4ncc(OCC5CCNCC5)cn4)CCO3)n2)cn1. The van der Waals surface area contributed by atoms with Crippen LogP contribution in [0.15, 0.2) is 41.7 Å². The van der Waals surface area contributed by atoms with E-state index < -0.39 is 0 Å². The predicted octanol–water partition coefficient (Wildman–Crippen LogP) is 0.718. The summed E-state index contributed by atoms with van der Waals surface area (Å²) in [5.74, 6) is 1.90. The van der Waals surface area contributed by atoms with Crippen molar-refractivity contribution in [1.82, 2.24) is 34.8 Å². The first-order chi connectivity index (χ1) is 16.6. The molecule has 5 rings (SSSR count). The van der Waals surface area contributed by atoms with E-state index in [-0.39, 0.29) is 11.7 Å². The molecule has 2 fully saturated rings. The first-order valence-corrected chi connectivity index (χ1v) is 11.7. The third-order valence-electron chi connectivity index (χ3n) is 6.22. The Kier molecular flexibility index (Phi) is 6.82. The second kappa shape index (κ2) is 10.3. The molecule has 0 saturated carbocycles. The highest BCUT2D eigenvalue weighted by atomic mass is 16.5. The van der Waals surface area contributed by atoms with Gasteiger partial charge in [-0.3, -0.25) is 9.48 Å². The van der Waals surface area contributed by atoms with Crippen molar-refractivity contribution < 1.29 is 9.47 Å². The van der Waals surface area contributed by atoms with Gasteiger partial charge in [0.05, 0.1) is 50.1 Å². The lowest BCUT2D eigenvalue weighted by molar-refractivity contribution is 0.0260. The Morgan fingerprint density at radius 3 is 2.76 bits per heavy atom. The Bertz CT molecular complexity index is 1140. The minimum atomic E-state index is -0.206.